The van der Waals surface area contributed by atoms with Gasteiger partial charge in [0.2, 0.25) is 0 Å². The number of quaternary nitrogens is 1. The molecule has 0 N–H and O–H groups in total. The lowest BCUT2D eigenvalue weighted by molar-refractivity contribution is -0.905. The Morgan fingerprint density at radius 2 is 2.00 bits per heavy atom. The fourth-order valence-corrected chi connectivity index (χ4v) is 2.14. The van der Waals surface area contributed by atoms with Crippen LogP contribution in [0.5, 0.6) is 0 Å². The third-order valence-electron chi connectivity index (χ3n) is 2.24. The fourth-order valence-electron chi connectivity index (χ4n) is 1.22. The molecule has 1 atom stereocenters. The van der Waals surface area contributed by atoms with Crippen LogP contribution < -0.4 is 0 Å². The van der Waals surface area contributed by atoms with E-state index < -0.39 is 0 Å². The van der Waals surface area contributed by atoms with Gasteiger partial charge in [-0.3, -0.25) is 0 Å². The minimum atomic E-state index is 0.486. The Labute approximate surface area is 84.5 Å². The van der Waals surface area contributed by atoms with Crippen molar-refractivity contribution in [2.24, 2.45) is 0 Å². The van der Waals surface area contributed by atoms with Crippen LogP contribution >= 0.6 is 15.9 Å². The Hall–Kier alpha value is -0.0800. The maximum Gasteiger partial charge on any atom is 0.110 e. The van der Waals surface area contributed by atoms with E-state index in [9.17, 15) is 0 Å². The molecule has 0 saturated carbocycles. The van der Waals surface area contributed by atoms with Crippen molar-refractivity contribution in [3.05, 3.63) is 25.3 Å². The number of likely N-dealkylation sites (N-methyl/N-ethyl adjacent to an activating group) is 1. The van der Waals surface area contributed by atoms with E-state index >= 15 is 0 Å². The SMILES string of the molecule is C=CCC(C=C)[N+](C)(C)CCBr. The Balaban J connectivity index is 4.23. The fraction of sp³-hybridized carbons (Fsp3) is 0.600. The first-order valence-electron chi connectivity index (χ1n) is 4.20. The number of nitrogens with zero attached hydrogens (tertiary/aromatic N) is 1. The summed E-state index contributed by atoms with van der Waals surface area (Å²) < 4.78 is 0.973. The minimum absolute atomic E-state index is 0.486. The first-order valence-corrected chi connectivity index (χ1v) is 5.32. The topological polar surface area (TPSA) is 0 Å². The van der Waals surface area contributed by atoms with Crippen LogP contribution in [0.25, 0.3) is 0 Å². The van der Waals surface area contributed by atoms with Crippen molar-refractivity contribution in [3.63, 3.8) is 0 Å². The normalized spacial score (nSPS) is 13.9. The van der Waals surface area contributed by atoms with E-state index in [1.165, 1.54) is 0 Å². The number of rotatable bonds is 6. The van der Waals surface area contributed by atoms with E-state index in [1.54, 1.807) is 0 Å². The molecule has 1 nitrogen and oxygen atoms in total. The molecule has 0 spiro atoms. The Bertz CT molecular complexity index is 152. The average Bonchev–Trinajstić information content (AvgIpc) is 1.99. The van der Waals surface area contributed by atoms with Crippen LogP contribution in [0.4, 0.5) is 0 Å². The summed E-state index contributed by atoms with van der Waals surface area (Å²) in [5, 5.41) is 1.03. The molecule has 0 aromatic carbocycles. The van der Waals surface area contributed by atoms with Gasteiger partial charge in [0.05, 0.1) is 26.0 Å². The van der Waals surface area contributed by atoms with Crippen LogP contribution in [-0.2, 0) is 0 Å². The Kier molecular flexibility index (Phi) is 5.51. The van der Waals surface area contributed by atoms with Gasteiger partial charge in [-0.05, 0) is 6.08 Å². The van der Waals surface area contributed by atoms with E-state index in [-0.39, 0.29) is 0 Å². The number of alkyl halides is 1. The molecule has 0 aliphatic heterocycles. The molecule has 0 aliphatic rings. The van der Waals surface area contributed by atoms with E-state index in [2.05, 4.69) is 43.2 Å². The molecule has 1 unspecified atom stereocenters. The first kappa shape index (κ1) is 11.9. The summed E-state index contributed by atoms with van der Waals surface area (Å²) in [6.45, 7) is 8.72. The van der Waals surface area contributed by atoms with Gasteiger partial charge >= 0.3 is 0 Å². The van der Waals surface area contributed by atoms with E-state index in [4.69, 9.17) is 0 Å². The lowest BCUT2D eigenvalue weighted by atomic mass is 10.1. The van der Waals surface area contributed by atoms with Gasteiger partial charge in [0.15, 0.2) is 0 Å². The highest BCUT2D eigenvalue weighted by molar-refractivity contribution is 9.09. The summed E-state index contributed by atoms with van der Waals surface area (Å²) in [7, 11) is 4.44. The standard InChI is InChI=1S/C10H19BrN/c1-5-7-10(6-2)12(3,4)9-8-11/h5-6,10H,1-2,7-9H2,3-4H3/q+1. The van der Waals surface area contributed by atoms with Gasteiger partial charge in [-0.2, -0.15) is 0 Å². The van der Waals surface area contributed by atoms with Gasteiger partial charge in [-0.1, -0.05) is 28.6 Å². The molecule has 0 saturated heterocycles. The van der Waals surface area contributed by atoms with Crippen LogP contribution in [-0.4, -0.2) is 36.5 Å². The van der Waals surface area contributed by atoms with Gasteiger partial charge in [0.25, 0.3) is 0 Å². The molecule has 0 aliphatic carbocycles. The second-order valence-corrected chi connectivity index (χ2v) is 4.31. The van der Waals surface area contributed by atoms with Crippen LogP contribution in [0.3, 0.4) is 0 Å². The van der Waals surface area contributed by atoms with Gasteiger partial charge in [-0.25, -0.2) is 0 Å². The first-order chi connectivity index (χ1) is 5.58. The summed E-state index contributed by atoms with van der Waals surface area (Å²) in [4.78, 5) is 0. The maximum absolute atomic E-state index is 3.85. The third kappa shape index (κ3) is 3.55. The molecular formula is C10H19BrN+. The highest BCUT2D eigenvalue weighted by Gasteiger charge is 2.22. The summed E-state index contributed by atoms with van der Waals surface area (Å²) in [6, 6.07) is 0.486. The Morgan fingerprint density at radius 1 is 1.42 bits per heavy atom. The molecule has 0 amide bonds. The van der Waals surface area contributed by atoms with E-state index in [0.717, 1.165) is 22.8 Å². The molecule has 2 heteroatoms. The molecule has 0 radical (unpaired) electrons. The summed E-state index contributed by atoms with van der Waals surface area (Å²) in [6.07, 6.45) is 4.98. The van der Waals surface area contributed by atoms with Crippen molar-refractivity contribution >= 4 is 15.9 Å². The highest BCUT2D eigenvalue weighted by atomic mass is 79.9. The molecular weight excluding hydrogens is 214 g/mol. The summed E-state index contributed by atoms with van der Waals surface area (Å²) in [5.74, 6) is 0. The average molecular weight is 233 g/mol. The third-order valence-corrected chi connectivity index (χ3v) is 2.59. The van der Waals surface area contributed by atoms with Crippen molar-refractivity contribution in [2.45, 2.75) is 12.5 Å². The van der Waals surface area contributed by atoms with Gasteiger partial charge in [-0.15, -0.1) is 6.58 Å². The predicted octanol–water partition coefficient (Wildman–Crippen LogP) is 2.59. The second kappa shape index (κ2) is 5.55. The molecule has 0 rings (SSSR count). The zero-order valence-corrected chi connectivity index (χ0v) is 9.68. The quantitative estimate of drug-likeness (QED) is 0.376. The van der Waals surface area contributed by atoms with Crippen LogP contribution in [0, 0.1) is 0 Å². The van der Waals surface area contributed by atoms with E-state index in [0.29, 0.717) is 6.04 Å². The number of hydrogen-bond donors (Lipinski definition) is 0. The molecule has 0 fully saturated rings. The molecule has 0 aromatic rings. The van der Waals surface area contributed by atoms with Crippen LogP contribution in [0.15, 0.2) is 25.3 Å². The monoisotopic (exact) mass is 232 g/mol. The lowest BCUT2D eigenvalue weighted by Gasteiger charge is -2.35. The van der Waals surface area contributed by atoms with Gasteiger partial charge in [0.1, 0.15) is 6.04 Å². The largest absolute Gasteiger partial charge is 0.322 e. The number of halogens is 1. The summed E-state index contributed by atoms with van der Waals surface area (Å²) >= 11 is 3.46. The van der Waals surface area contributed by atoms with Gasteiger partial charge in [0, 0.05) is 6.42 Å². The smallest absolute Gasteiger partial charge is 0.110 e. The van der Waals surface area contributed by atoms with Crippen molar-refractivity contribution in [3.8, 4) is 0 Å². The minimum Gasteiger partial charge on any atom is -0.322 e. The van der Waals surface area contributed by atoms with Gasteiger partial charge < -0.3 is 4.48 Å². The second-order valence-electron chi connectivity index (χ2n) is 3.52. The van der Waals surface area contributed by atoms with Crippen molar-refractivity contribution in [2.75, 3.05) is 26.0 Å². The molecule has 70 valence electrons. The predicted molar refractivity (Wildman–Crippen MR) is 59.6 cm³/mol. The van der Waals surface area contributed by atoms with Crippen LogP contribution in [0.2, 0.25) is 0 Å². The van der Waals surface area contributed by atoms with Crippen molar-refractivity contribution in [1.82, 2.24) is 0 Å². The highest BCUT2D eigenvalue weighted by Crippen LogP contribution is 2.12. The van der Waals surface area contributed by atoms with E-state index in [1.807, 2.05) is 12.2 Å². The zero-order valence-electron chi connectivity index (χ0n) is 8.09. The molecule has 0 aromatic heterocycles. The lowest BCUT2D eigenvalue weighted by Crippen LogP contribution is -2.48. The number of hydrogen-bond acceptors (Lipinski definition) is 0. The summed E-state index contributed by atoms with van der Waals surface area (Å²) in [5.41, 5.74) is 0. The molecule has 0 heterocycles. The Morgan fingerprint density at radius 3 is 2.33 bits per heavy atom. The molecule has 12 heavy (non-hydrogen) atoms. The van der Waals surface area contributed by atoms with Crippen molar-refractivity contribution in [1.29, 1.82) is 0 Å². The maximum atomic E-state index is 3.85. The molecule has 0 bridgehead atoms. The van der Waals surface area contributed by atoms with Crippen LogP contribution in [0.1, 0.15) is 6.42 Å². The van der Waals surface area contributed by atoms with Crippen molar-refractivity contribution < 1.29 is 4.48 Å². The zero-order chi connectivity index (χ0) is 9.61.